The van der Waals surface area contributed by atoms with Gasteiger partial charge in [0.15, 0.2) is 17.5 Å². The van der Waals surface area contributed by atoms with Crippen molar-refractivity contribution in [2.45, 2.75) is 0 Å². The lowest BCUT2D eigenvalue weighted by molar-refractivity contribution is 1.07. The predicted octanol–water partition coefficient (Wildman–Crippen LogP) is 22.4. The first kappa shape index (κ1) is 58.0. The molecule has 0 aliphatic carbocycles. The van der Waals surface area contributed by atoms with E-state index in [1.165, 1.54) is 0 Å². The van der Waals surface area contributed by atoms with Crippen LogP contribution in [0.5, 0.6) is 0 Å². The molecule has 0 saturated carbocycles. The highest BCUT2D eigenvalue weighted by molar-refractivity contribution is 6.13. The van der Waals surface area contributed by atoms with E-state index in [-0.39, 0.29) is 0 Å². The van der Waals surface area contributed by atoms with Gasteiger partial charge in [-0.2, -0.15) is 15.8 Å². The van der Waals surface area contributed by atoms with Gasteiger partial charge in [0.05, 0.1) is 57.0 Å². The highest BCUT2D eigenvalue weighted by Crippen LogP contribution is 2.44. The molecular formula is C90H54N8. The van der Waals surface area contributed by atoms with Crippen LogP contribution in [-0.2, 0) is 0 Å². The summed E-state index contributed by atoms with van der Waals surface area (Å²) in [5.74, 6) is 1.27. The highest BCUT2D eigenvalue weighted by atomic mass is 15.0. The van der Waals surface area contributed by atoms with Crippen molar-refractivity contribution in [2.75, 3.05) is 0 Å². The molecule has 0 amide bonds. The third kappa shape index (κ3) is 10.6. The van der Waals surface area contributed by atoms with E-state index in [2.05, 4.69) is 246 Å². The van der Waals surface area contributed by atoms with Crippen LogP contribution in [0.2, 0.25) is 0 Å². The van der Waals surface area contributed by atoms with E-state index in [1.807, 2.05) is 109 Å². The maximum Gasteiger partial charge on any atom is 0.164 e. The van der Waals surface area contributed by atoms with E-state index in [9.17, 15) is 15.8 Å². The van der Waals surface area contributed by atoms with Crippen LogP contribution in [0.15, 0.2) is 328 Å². The van der Waals surface area contributed by atoms with Gasteiger partial charge in [0.2, 0.25) is 0 Å². The van der Waals surface area contributed by atoms with Crippen LogP contribution in [0, 0.1) is 34.0 Å². The summed E-state index contributed by atoms with van der Waals surface area (Å²) >= 11 is 0. The molecule has 0 atom stereocenters. The topological polar surface area (TPSA) is 120 Å². The van der Waals surface area contributed by atoms with E-state index in [1.54, 1.807) is 0 Å². The van der Waals surface area contributed by atoms with Gasteiger partial charge in [0.25, 0.3) is 0 Å². The Labute approximate surface area is 566 Å². The number of hydrogen-bond acceptors (Lipinski definition) is 6. The number of rotatable bonds is 12. The Hall–Kier alpha value is -13.8. The lowest BCUT2D eigenvalue weighted by Crippen LogP contribution is -2.03. The summed E-state index contributed by atoms with van der Waals surface area (Å²) < 4.78 is 4.67. The Morgan fingerprint density at radius 3 is 0.847 bits per heavy atom. The van der Waals surface area contributed by atoms with E-state index >= 15 is 0 Å². The van der Waals surface area contributed by atoms with Crippen molar-refractivity contribution in [3.8, 4) is 142 Å². The van der Waals surface area contributed by atoms with Gasteiger partial charge in [-0.05, 0) is 199 Å². The summed E-state index contributed by atoms with van der Waals surface area (Å²) in [6, 6.07) is 120. The maximum atomic E-state index is 10.5. The van der Waals surface area contributed by atoms with Crippen molar-refractivity contribution >= 4 is 43.6 Å². The van der Waals surface area contributed by atoms with Gasteiger partial charge >= 0.3 is 0 Å². The van der Waals surface area contributed by atoms with Gasteiger partial charge < -0.3 is 9.13 Å². The van der Waals surface area contributed by atoms with Gasteiger partial charge in [-0.15, -0.1) is 0 Å². The minimum absolute atomic E-state index is 0.416. The molecule has 0 aliphatic heterocycles. The zero-order chi connectivity index (χ0) is 65.6. The van der Waals surface area contributed by atoms with E-state index < -0.39 is 0 Å². The van der Waals surface area contributed by atoms with E-state index in [0.29, 0.717) is 34.2 Å². The Morgan fingerprint density at radius 1 is 0.204 bits per heavy atom. The second-order valence-electron chi connectivity index (χ2n) is 24.5. The predicted molar refractivity (Wildman–Crippen MR) is 397 cm³/mol. The Kier molecular flexibility index (Phi) is 14.5. The van der Waals surface area contributed by atoms with Gasteiger partial charge in [0, 0.05) is 49.6 Å². The number of benzene rings is 14. The Balaban J connectivity index is 0.888. The van der Waals surface area contributed by atoms with Gasteiger partial charge in [-0.25, -0.2) is 15.0 Å². The highest BCUT2D eigenvalue weighted by Gasteiger charge is 2.24. The quantitative estimate of drug-likeness (QED) is 0.120. The average molecular weight is 1250 g/mol. The van der Waals surface area contributed by atoms with Crippen molar-refractivity contribution in [2.24, 2.45) is 0 Å². The van der Waals surface area contributed by atoms with Crippen LogP contribution in [0.25, 0.3) is 167 Å². The molecule has 17 rings (SSSR count). The molecule has 8 nitrogen and oxygen atoms in total. The minimum atomic E-state index is 0.416. The SMILES string of the molecule is N#Cc1ccc(-c2ccc(-c3nc(-c4ccc(-n5c6ccc(-c7ccccc7)cc6c6cc(-c7ccccc7)ccc65)cc4-c4cccc(C#N)c4)nc(-c4ccc(-n5c6ccc(-c7ccccc7)cc6c6cc(-c7ccccc7)ccc65)cc4-c4cccc(C#N)c4)n3)cc2)cc1. The van der Waals surface area contributed by atoms with Crippen molar-refractivity contribution in [3.63, 3.8) is 0 Å². The number of hydrogen-bond donors (Lipinski definition) is 0. The Bertz CT molecular complexity index is 5590. The van der Waals surface area contributed by atoms with Crippen molar-refractivity contribution < 1.29 is 0 Å². The average Bonchev–Trinajstić information content (AvgIpc) is 1.55. The van der Waals surface area contributed by atoms with Gasteiger partial charge in [-0.3, -0.25) is 0 Å². The normalized spacial score (nSPS) is 11.2. The van der Waals surface area contributed by atoms with Crippen LogP contribution in [0.3, 0.4) is 0 Å². The fourth-order valence-corrected chi connectivity index (χ4v) is 13.9. The van der Waals surface area contributed by atoms with Gasteiger partial charge in [-0.1, -0.05) is 206 Å². The summed E-state index contributed by atoms with van der Waals surface area (Å²) in [6.07, 6.45) is 0. The summed E-state index contributed by atoms with van der Waals surface area (Å²) in [7, 11) is 0. The zero-order valence-electron chi connectivity index (χ0n) is 52.8. The monoisotopic (exact) mass is 1250 g/mol. The van der Waals surface area contributed by atoms with Gasteiger partial charge in [0.1, 0.15) is 0 Å². The molecule has 14 aromatic carbocycles. The molecule has 17 aromatic rings. The first-order chi connectivity index (χ1) is 48.4. The minimum Gasteiger partial charge on any atom is -0.309 e. The fourth-order valence-electron chi connectivity index (χ4n) is 13.9. The summed E-state index contributed by atoms with van der Waals surface area (Å²) in [5.41, 5.74) is 24.0. The number of nitrogens with zero attached hydrogens (tertiary/aromatic N) is 8. The molecule has 0 aliphatic rings. The molecule has 0 spiro atoms. The maximum absolute atomic E-state index is 10.5. The summed E-state index contributed by atoms with van der Waals surface area (Å²) in [6.45, 7) is 0. The molecule has 0 saturated heterocycles. The van der Waals surface area contributed by atoms with Crippen molar-refractivity contribution in [3.05, 3.63) is 344 Å². The standard InChI is InChI=1S/C90H54N8/c91-55-58-27-29-65(30-28-58)66-31-33-67(34-32-66)88-94-89(76-41-39-74(53-78(76)72-25-13-15-59(47-72)56-92)97-84-43-35-68(61-17-5-1-6-18-61)49-80(84)81-50-69(36-44-85(81)97)62-19-7-2-8-20-62)96-90(95-88)77-42-40-75(54-79(77)73-26-14-16-60(48-73)57-93)98-86-45-37-70(63-21-9-3-10-22-63)51-82(86)83-52-71(38-46-87(83)98)64-23-11-4-12-24-64/h1-54H. The molecule has 0 radical (unpaired) electrons. The summed E-state index contributed by atoms with van der Waals surface area (Å²) in [5, 5.41) is 35.1. The molecule has 3 aromatic heterocycles. The largest absolute Gasteiger partial charge is 0.309 e. The van der Waals surface area contributed by atoms with E-state index in [4.69, 9.17) is 15.0 Å². The molecule has 3 heterocycles. The Morgan fingerprint density at radius 2 is 0.500 bits per heavy atom. The number of fused-ring (bicyclic) bond motifs is 6. The molecule has 0 unspecified atom stereocenters. The van der Waals surface area contributed by atoms with Crippen LogP contribution in [0.1, 0.15) is 16.7 Å². The van der Waals surface area contributed by atoms with E-state index in [0.717, 1.165) is 150 Å². The molecule has 454 valence electrons. The first-order valence-electron chi connectivity index (χ1n) is 32.5. The molecular weight excluding hydrogens is 1190 g/mol. The van der Waals surface area contributed by atoms with Crippen LogP contribution >= 0.6 is 0 Å². The molecule has 0 fully saturated rings. The lowest BCUT2D eigenvalue weighted by atomic mass is 9.95. The fraction of sp³-hybridized carbons (Fsp3) is 0. The van der Waals surface area contributed by atoms with Crippen LogP contribution in [0.4, 0.5) is 0 Å². The van der Waals surface area contributed by atoms with Crippen LogP contribution < -0.4 is 0 Å². The number of nitriles is 3. The summed E-state index contributed by atoms with van der Waals surface area (Å²) in [4.78, 5) is 16.5. The molecule has 98 heavy (non-hydrogen) atoms. The molecule has 0 bridgehead atoms. The molecule has 0 N–H and O–H groups in total. The number of aromatic nitrogens is 5. The second kappa shape index (κ2) is 24.6. The molecule has 8 heteroatoms. The second-order valence-corrected chi connectivity index (χ2v) is 24.5. The lowest BCUT2D eigenvalue weighted by Gasteiger charge is -2.17. The smallest absolute Gasteiger partial charge is 0.164 e. The first-order valence-corrected chi connectivity index (χ1v) is 32.5. The van der Waals surface area contributed by atoms with Crippen molar-refractivity contribution in [1.82, 2.24) is 24.1 Å². The van der Waals surface area contributed by atoms with Crippen molar-refractivity contribution in [1.29, 1.82) is 15.8 Å². The van der Waals surface area contributed by atoms with Crippen LogP contribution in [-0.4, -0.2) is 24.1 Å². The third-order valence-electron chi connectivity index (χ3n) is 18.7. The zero-order valence-corrected chi connectivity index (χ0v) is 52.8. The third-order valence-corrected chi connectivity index (χ3v) is 18.7.